The Balaban J connectivity index is 1.37. The number of amides is 1. The van der Waals surface area contributed by atoms with Crippen LogP contribution in [0.1, 0.15) is 23.2 Å². The highest BCUT2D eigenvalue weighted by Crippen LogP contribution is 2.27. The fraction of sp³-hybridized carbons (Fsp3) is 0.292. The zero-order chi connectivity index (χ0) is 20.5. The van der Waals surface area contributed by atoms with Crippen LogP contribution >= 0.6 is 0 Å². The van der Waals surface area contributed by atoms with E-state index in [-0.39, 0.29) is 17.5 Å². The molecule has 5 heterocycles. The molecule has 1 N–H and O–H groups in total. The predicted octanol–water partition coefficient (Wildman–Crippen LogP) is 2.72. The maximum Gasteiger partial charge on any atom is 0.256 e. The van der Waals surface area contributed by atoms with E-state index in [0.29, 0.717) is 17.3 Å². The summed E-state index contributed by atoms with van der Waals surface area (Å²) in [4.78, 5) is 32.2. The van der Waals surface area contributed by atoms with Crippen molar-refractivity contribution in [2.75, 3.05) is 19.6 Å². The van der Waals surface area contributed by atoms with Crippen molar-refractivity contribution in [3.63, 3.8) is 0 Å². The summed E-state index contributed by atoms with van der Waals surface area (Å²) in [6.07, 6.45) is 5.62. The topological polar surface area (TPSA) is 67.2 Å². The van der Waals surface area contributed by atoms with Gasteiger partial charge in [-0.05, 0) is 55.6 Å². The summed E-state index contributed by atoms with van der Waals surface area (Å²) in [5.74, 6) is 0.914. The van der Waals surface area contributed by atoms with E-state index in [0.717, 1.165) is 43.6 Å². The van der Waals surface area contributed by atoms with Gasteiger partial charge in [0.1, 0.15) is 5.82 Å². The van der Waals surface area contributed by atoms with Crippen LogP contribution in [0.5, 0.6) is 0 Å². The van der Waals surface area contributed by atoms with Crippen molar-refractivity contribution in [1.29, 1.82) is 0 Å². The predicted molar refractivity (Wildman–Crippen MR) is 116 cm³/mol. The van der Waals surface area contributed by atoms with Gasteiger partial charge in [0.2, 0.25) is 0 Å². The van der Waals surface area contributed by atoms with Crippen molar-refractivity contribution in [2.45, 2.75) is 18.9 Å². The number of hydrogen-bond donors (Lipinski definition) is 1. The molecule has 1 unspecified atom stereocenters. The lowest BCUT2D eigenvalue weighted by Gasteiger charge is -2.44. The van der Waals surface area contributed by atoms with Gasteiger partial charge in [-0.2, -0.15) is 0 Å². The quantitative estimate of drug-likeness (QED) is 0.731. The minimum atomic E-state index is -0.214. The van der Waals surface area contributed by atoms with Gasteiger partial charge < -0.3 is 10.2 Å². The Labute approximate surface area is 175 Å². The molecule has 6 nitrogen and oxygen atoms in total. The lowest BCUT2D eigenvalue weighted by Crippen LogP contribution is -2.57. The molecule has 3 saturated heterocycles. The number of piperidine rings is 3. The summed E-state index contributed by atoms with van der Waals surface area (Å²) in [5.41, 5.74) is 2.30. The number of rotatable bonds is 4. The van der Waals surface area contributed by atoms with Gasteiger partial charge in [0.25, 0.3) is 11.5 Å². The normalized spacial score (nSPS) is 22.6. The molecule has 1 atom stereocenters. The number of nitrogens with one attached hydrogen (secondary N) is 1. The molecule has 1 aromatic carbocycles. The molecule has 152 valence electrons. The van der Waals surface area contributed by atoms with Crippen molar-refractivity contribution in [2.24, 2.45) is 5.92 Å². The monoisotopic (exact) mass is 400 g/mol. The maximum atomic E-state index is 12.9. The minimum Gasteiger partial charge on any atom is -0.348 e. The van der Waals surface area contributed by atoms with E-state index >= 15 is 0 Å². The molecule has 2 bridgehead atoms. The van der Waals surface area contributed by atoms with Crippen LogP contribution in [0.2, 0.25) is 0 Å². The molecule has 3 aliphatic rings. The second kappa shape index (κ2) is 7.88. The van der Waals surface area contributed by atoms with E-state index in [1.54, 1.807) is 24.5 Å². The fourth-order valence-corrected chi connectivity index (χ4v) is 4.51. The largest absolute Gasteiger partial charge is 0.348 e. The lowest BCUT2D eigenvalue weighted by molar-refractivity contribution is 0.0620. The average Bonchev–Trinajstić information content (AvgIpc) is 2.81. The van der Waals surface area contributed by atoms with Gasteiger partial charge in [-0.3, -0.25) is 14.2 Å². The van der Waals surface area contributed by atoms with E-state index in [4.69, 9.17) is 0 Å². The Hall–Kier alpha value is -3.25. The van der Waals surface area contributed by atoms with Crippen LogP contribution in [0, 0.1) is 5.92 Å². The maximum absolute atomic E-state index is 12.9. The number of carbonyl (C=O) groups excluding carboxylic acids is 1. The highest BCUT2D eigenvalue weighted by molar-refractivity contribution is 5.94. The van der Waals surface area contributed by atoms with Gasteiger partial charge in [0.05, 0.1) is 5.56 Å². The van der Waals surface area contributed by atoms with Crippen molar-refractivity contribution in [3.05, 3.63) is 82.9 Å². The first kappa shape index (κ1) is 18.8. The third-order valence-electron chi connectivity index (χ3n) is 6.25. The molecule has 30 heavy (non-hydrogen) atoms. The highest BCUT2D eigenvalue weighted by Gasteiger charge is 2.35. The second-order valence-electron chi connectivity index (χ2n) is 8.12. The van der Waals surface area contributed by atoms with E-state index < -0.39 is 0 Å². The van der Waals surface area contributed by atoms with Crippen molar-refractivity contribution >= 4 is 5.91 Å². The van der Waals surface area contributed by atoms with Crippen LogP contribution in [-0.4, -0.2) is 46.0 Å². The first-order valence-electron chi connectivity index (χ1n) is 10.5. The van der Waals surface area contributed by atoms with Gasteiger partial charge in [0, 0.05) is 36.6 Å². The van der Waals surface area contributed by atoms with Gasteiger partial charge in [-0.1, -0.05) is 30.3 Å². The summed E-state index contributed by atoms with van der Waals surface area (Å²) < 4.78 is 1.43. The number of aromatic nitrogens is 2. The molecule has 3 aliphatic heterocycles. The van der Waals surface area contributed by atoms with E-state index in [2.05, 4.69) is 15.2 Å². The number of hydrogen-bond acceptors (Lipinski definition) is 4. The lowest BCUT2D eigenvalue weighted by atomic mass is 9.84. The van der Waals surface area contributed by atoms with Gasteiger partial charge in [-0.25, -0.2) is 4.98 Å². The van der Waals surface area contributed by atoms with E-state index in [1.807, 2.05) is 36.4 Å². The number of nitrogens with zero attached hydrogens (tertiary/aromatic N) is 3. The molecule has 0 radical (unpaired) electrons. The Morgan fingerprint density at radius 2 is 1.77 bits per heavy atom. The highest BCUT2D eigenvalue weighted by atomic mass is 16.2. The van der Waals surface area contributed by atoms with Crippen molar-refractivity contribution in [3.8, 4) is 16.9 Å². The van der Waals surface area contributed by atoms with Crippen LogP contribution in [0.15, 0.2) is 71.8 Å². The van der Waals surface area contributed by atoms with Gasteiger partial charge in [0.15, 0.2) is 0 Å². The molecular weight excluding hydrogens is 376 g/mol. The molecular formula is C24H24N4O2. The van der Waals surface area contributed by atoms with E-state index in [1.165, 1.54) is 10.6 Å². The first-order chi connectivity index (χ1) is 14.7. The molecule has 0 spiro atoms. The summed E-state index contributed by atoms with van der Waals surface area (Å²) >= 11 is 0. The third kappa shape index (κ3) is 3.66. The zero-order valence-electron chi connectivity index (χ0n) is 16.7. The molecule has 0 aliphatic carbocycles. The molecule has 6 heteroatoms. The number of pyridine rings is 2. The van der Waals surface area contributed by atoms with Crippen molar-refractivity contribution in [1.82, 2.24) is 19.8 Å². The molecule has 1 amide bonds. The Kier molecular flexibility index (Phi) is 4.93. The summed E-state index contributed by atoms with van der Waals surface area (Å²) in [7, 11) is 0. The second-order valence-corrected chi connectivity index (χ2v) is 8.12. The standard InChI is InChI=1S/C24H24N4O2/c29-23-9-7-20(24(30)26-21-16-27-12-10-18(21)11-13-27)15-28(23)22-8-6-19(14-25-22)17-4-2-1-3-5-17/h1-9,14-15,18,21H,10-13,16H2,(H,26,30). The number of fused-ring (bicyclic) bond motifs is 3. The Morgan fingerprint density at radius 1 is 0.967 bits per heavy atom. The molecule has 3 fully saturated rings. The number of carbonyl (C=O) groups is 1. The van der Waals surface area contributed by atoms with Gasteiger partial charge >= 0.3 is 0 Å². The SMILES string of the molecule is O=C(NC1CN2CCC1CC2)c1ccc(=O)n(-c2ccc(-c3ccccc3)cn2)c1. The zero-order valence-corrected chi connectivity index (χ0v) is 16.7. The van der Waals surface area contributed by atoms with Crippen LogP contribution in [-0.2, 0) is 0 Å². The number of benzene rings is 1. The smallest absolute Gasteiger partial charge is 0.256 e. The molecule has 6 rings (SSSR count). The Bertz CT molecular complexity index is 1100. The minimum absolute atomic E-state index is 0.136. The summed E-state index contributed by atoms with van der Waals surface area (Å²) in [6.45, 7) is 3.18. The van der Waals surface area contributed by atoms with Crippen LogP contribution < -0.4 is 10.9 Å². The Morgan fingerprint density at radius 3 is 2.43 bits per heavy atom. The van der Waals surface area contributed by atoms with Crippen LogP contribution in [0.4, 0.5) is 0 Å². The molecule has 2 aromatic heterocycles. The average molecular weight is 400 g/mol. The van der Waals surface area contributed by atoms with Gasteiger partial charge in [-0.15, -0.1) is 0 Å². The third-order valence-corrected chi connectivity index (χ3v) is 6.25. The van der Waals surface area contributed by atoms with E-state index in [9.17, 15) is 9.59 Å². The summed E-state index contributed by atoms with van der Waals surface area (Å²) in [6, 6.07) is 16.9. The first-order valence-corrected chi connectivity index (χ1v) is 10.5. The van der Waals surface area contributed by atoms with Crippen LogP contribution in [0.25, 0.3) is 16.9 Å². The molecule has 3 aromatic rings. The van der Waals surface area contributed by atoms with Crippen LogP contribution in [0.3, 0.4) is 0 Å². The van der Waals surface area contributed by atoms with Crippen molar-refractivity contribution < 1.29 is 4.79 Å². The fourth-order valence-electron chi connectivity index (χ4n) is 4.51. The molecule has 0 saturated carbocycles. The summed E-state index contributed by atoms with van der Waals surface area (Å²) in [5, 5.41) is 3.18.